The van der Waals surface area contributed by atoms with Gasteiger partial charge in [0.05, 0.1) is 13.2 Å². The van der Waals surface area contributed by atoms with Crippen LogP contribution in [0.15, 0.2) is 54.9 Å². The molecular weight excluding hydrogens is 464 g/mol. The van der Waals surface area contributed by atoms with Gasteiger partial charge >= 0.3 is 0 Å². The molecule has 0 unspecified atom stereocenters. The Kier molecular flexibility index (Phi) is 6.70. The molecular formula is C25H28N6O5. The monoisotopic (exact) mass is 492 g/mol. The fraction of sp³-hybridized carbons (Fsp3) is 0.320. The van der Waals surface area contributed by atoms with E-state index in [4.69, 9.17) is 15.2 Å². The number of nitrogen functional groups attached to an aromatic ring is 1. The van der Waals surface area contributed by atoms with Crippen LogP contribution in [0.4, 0.5) is 11.8 Å². The third kappa shape index (κ3) is 4.33. The van der Waals surface area contributed by atoms with Crippen molar-refractivity contribution in [2.45, 2.75) is 38.0 Å². The molecule has 1 saturated heterocycles. The van der Waals surface area contributed by atoms with Gasteiger partial charge in [-0.15, -0.1) is 0 Å². The zero-order valence-corrected chi connectivity index (χ0v) is 19.7. The van der Waals surface area contributed by atoms with Gasteiger partial charge in [-0.2, -0.15) is 0 Å². The first-order valence-corrected chi connectivity index (χ1v) is 11.7. The molecule has 11 heteroatoms. The lowest BCUT2D eigenvalue weighted by molar-refractivity contribution is -0.0501. The summed E-state index contributed by atoms with van der Waals surface area (Å²) in [5.41, 5.74) is 9.70. The highest BCUT2D eigenvalue weighted by Gasteiger charge is 2.45. The molecule has 2 aromatic heterocycles. The first kappa shape index (κ1) is 23.9. The topological polar surface area (TPSA) is 161 Å². The Morgan fingerprint density at radius 1 is 1.08 bits per heavy atom. The third-order valence-corrected chi connectivity index (χ3v) is 6.18. The van der Waals surface area contributed by atoms with Gasteiger partial charge in [0.15, 0.2) is 23.2 Å². The van der Waals surface area contributed by atoms with Gasteiger partial charge in [0.2, 0.25) is 5.95 Å². The Morgan fingerprint density at radius 2 is 1.86 bits per heavy atom. The zero-order chi connectivity index (χ0) is 25.2. The lowest BCUT2D eigenvalue weighted by Crippen LogP contribution is -2.33. The van der Waals surface area contributed by atoms with Gasteiger partial charge in [0.25, 0.3) is 0 Å². The number of imidazole rings is 1. The van der Waals surface area contributed by atoms with E-state index in [0.29, 0.717) is 30.3 Å². The number of nitrogens with zero attached hydrogens (tertiary/aromatic N) is 4. The van der Waals surface area contributed by atoms with Gasteiger partial charge in [-0.05, 0) is 24.1 Å². The number of nitrogens with one attached hydrogen (secondary N) is 1. The van der Waals surface area contributed by atoms with Crippen LogP contribution >= 0.6 is 0 Å². The number of benzene rings is 2. The summed E-state index contributed by atoms with van der Waals surface area (Å²) in [6, 6.07) is 15.9. The quantitative estimate of drug-likeness (QED) is 0.245. The van der Waals surface area contributed by atoms with E-state index in [2.05, 4.69) is 20.3 Å². The minimum Gasteiger partial charge on any atom is -0.493 e. The maximum atomic E-state index is 10.6. The molecule has 0 amide bonds. The molecule has 4 aromatic rings. The van der Waals surface area contributed by atoms with Gasteiger partial charge in [-0.1, -0.05) is 42.5 Å². The Balaban J connectivity index is 1.42. The summed E-state index contributed by atoms with van der Waals surface area (Å²) in [5, 5.41) is 33.7. The molecule has 11 nitrogen and oxygen atoms in total. The molecule has 1 aliphatic rings. The highest BCUT2D eigenvalue weighted by Crippen LogP contribution is 2.35. The molecule has 188 valence electrons. The predicted octanol–water partition coefficient (Wildman–Crippen LogP) is 1.70. The second kappa shape index (κ2) is 10.1. The van der Waals surface area contributed by atoms with E-state index in [1.54, 1.807) is 0 Å². The molecule has 1 aliphatic heterocycles. The van der Waals surface area contributed by atoms with Crippen LogP contribution in [-0.2, 0) is 11.3 Å². The second-order valence-electron chi connectivity index (χ2n) is 8.45. The van der Waals surface area contributed by atoms with Crippen LogP contribution in [0, 0.1) is 0 Å². The number of aromatic nitrogens is 4. The molecule has 36 heavy (non-hydrogen) atoms. The van der Waals surface area contributed by atoms with Crippen LogP contribution < -0.4 is 15.8 Å². The van der Waals surface area contributed by atoms with Crippen molar-refractivity contribution < 1.29 is 24.8 Å². The van der Waals surface area contributed by atoms with Gasteiger partial charge < -0.3 is 35.8 Å². The van der Waals surface area contributed by atoms with Gasteiger partial charge in [0, 0.05) is 12.1 Å². The predicted molar refractivity (Wildman–Crippen MR) is 133 cm³/mol. The SMILES string of the molecule is CCOc1ccccc1-c1ccc(CNc2nc3c(N)ncnc3n2[C@@H]2O[C@H](CO)[C@@H](O)[C@H]2O)cc1. The minimum atomic E-state index is -1.30. The Bertz CT molecular complexity index is 1340. The summed E-state index contributed by atoms with van der Waals surface area (Å²) in [6.45, 7) is 2.50. The number of nitrogens with two attached hydrogens (primary N) is 1. The van der Waals surface area contributed by atoms with Crippen LogP contribution in [0.2, 0.25) is 0 Å². The highest BCUT2D eigenvalue weighted by molar-refractivity contribution is 5.84. The molecule has 5 rings (SSSR count). The van der Waals surface area contributed by atoms with Gasteiger partial charge in [-0.25, -0.2) is 15.0 Å². The summed E-state index contributed by atoms with van der Waals surface area (Å²) >= 11 is 0. The molecule has 0 spiro atoms. The van der Waals surface area contributed by atoms with Crippen molar-refractivity contribution in [3.05, 3.63) is 60.4 Å². The number of anilines is 2. The number of fused-ring (bicyclic) bond motifs is 1. The van der Waals surface area contributed by atoms with E-state index in [1.807, 2.05) is 55.5 Å². The number of rotatable bonds is 8. The van der Waals surface area contributed by atoms with E-state index in [1.165, 1.54) is 10.9 Å². The van der Waals surface area contributed by atoms with Crippen LogP contribution in [0.1, 0.15) is 18.7 Å². The fourth-order valence-corrected chi connectivity index (χ4v) is 4.36. The van der Waals surface area contributed by atoms with Crippen molar-refractivity contribution >= 4 is 22.9 Å². The van der Waals surface area contributed by atoms with Crippen LogP contribution in [0.25, 0.3) is 22.3 Å². The molecule has 0 aliphatic carbocycles. The normalized spacial score (nSPS) is 21.7. The molecule has 6 N–H and O–H groups in total. The summed E-state index contributed by atoms with van der Waals surface area (Å²) in [7, 11) is 0. The third-order valence-electron chi connectivity index (χ3n) is 6.18. The largest absolute Gasteiger partial charge is 0.493 e. The summed E-state index contributed by atoms with van der Waals surface area (Å²) < 4.78 is 13.0. The molecule has 4 atom stereocenters. The fourth-order valence-electron chi connectivity index (χ4n) is 4.36. The van der Waals surface area contributed by atoms with Crippen molar-refractivity contribution in [2.24, 2.45) is 0 Å². The maximum absolute atomic E-state index is 10.6. The number of aliphatic hydroxyl groups excluding tert-OH is 3. The van der Waals surface area contributed by atoms with E-state index in [-0.39, 0.29) is 5.82 Å². The van der Waals surface area contributed by atoms with E-state index in [9.17, 15) is 15.3 Å². The van der Waals surface area contributed by atoms with Crippen molar-refractivity contribution in [2.75, 3.05) is 24.3 Å². The van der Waals surface area contributed by atoms with E-state index >= 15 is 0 Å². The molecule has 1 fully saturated rings. The average Bonchev–Trinajstić information content (AvgIpc) is 3.41. The van der Waals surface area contributed by atoms with E-state index in [0.717, 1.165) is 22.4 Å². The Labute approximate surface area is 207 Å². The number of para-hydroxylation sites is 1. The smallest absolute Gasteiger partial charge is 0.207 e. The summed E-state index contributed by atoms with van der Waals surface area (Å²) in [4.78, 5) is 12.8. The number of hydrogen-bond donors (Lipinski definition) is 5. The maximum Gasteiger partial charge on any atom is 0.207 e. The molecule has 0 bridgehead atoms. The first-order valence-electron chi connectivity index (χ1n) is 11.7. The van der Waals surface area contributed by atoms with Crippen molar-refractivity contribution in [3.63, 3.8) is 0 Å². The van der Waals surface area contributed by atoms with E-state index < -0.39 is 31.1 Å². The van der Waals surface area contributed by atoms with Crippen LogP contribution in [-0.4, -0.2) is 66.4 Å². The van der Waals surface area contributed by atoms with Crippen molar-refractivity contribution in [1.29, 1.82) is 0 Å². The molecule has 2 aromatic carbocycles. The first-order chi connectivity index (χ1) is 17.5. The standard InChI is InChI=1S/C25H28N6O5/c1-2-35-17-6-4-3-5-16(17)15-9-7-14(8-10-15)11-27-25-30-19-22(26)28-13-29-23(19)31(25)24-21(34)20(33)18(12-32)36-24/h3-10,13,18,20-21,24,32-34H,2,11-12H2,1H3,(H,27,30)(H2,26,28,29)/t18-,20-,21-,24-/m1/s1. The summed E-state index contributed by atoms with van der Waals surface area (Å²) in [5.74, 6) is 1.33. The lowest BCUT2D eigenvalue weighted by Gasteiger charge is -2.19. The second-order valence-corrected chi connectivity index (χ2v) is 8.45. The Morgan fingerprint density at radius 3 is 2.58 bits per heavy atom. The molecule has 0 radical (unpaired) electrons. The van der Waals surface area contributed by atoms with Crippen LogP contribution in [0.3, 0.4) is 0 Å². The zero-order valence-electron chi connectivity index (χ0n) is 19.7. The Hall–Kier alpha value is -3.77. The molecule has 0 saturated carbocycles. The highest BCUT2D eigenvalue weighted by atomic mass is 16.6. The summed E-state index contributed by atoms with van der Waals surface area (Å²) in [6.07, 6.45) is -3.25. The van der Waals surface area contributed by atoms with Crippen molar-refractivity contribution in [1.82, 2.24) is 19.5 Å². The lowest BCUT2D eigenvalue weighted by atomic mass is 10.0. The van der Waals surface area contributed by atoms with Crippen molar-refractivity contribution in [3.8, 4) is 16.9 Å². The number of hydrogen-bond acceptors (Lipinski definition) is 10. The van der Waals surface area contributed by atoms with Gasteiger partial charge in [0.1, 0.15) is 30.4 Å². The number of aliphatic hydroxyl groups is 3. The molecule has 3 heterocycles. The van der Waals surface area contributed by atoms with Gasteiger partial charge in [-0.3, -0.25) is 4.57 Å². The minimum absolute atomic E-state index is 0.172. The van der Waals surface area contributed by atoms with Crippen LogP contribution in [0.5, 0.6) is 5.75 Å². The number of ether oxygens (including phenoxy) is 2. The average molecular weight is 493 g/mol.